The van der Waals surface area contributed by atoms with E-state index < -0.39 is 0 Å². The predicted octanol–water partition coefficient (Wildman–Crippen LogP) is 1.87. The van der Waals surface area contributed by atoms with E-state index in [4.69, 9.17) is 4.74 Å². The number of hydrogen-bond donors (Lipinski definition) is 1. The van der Waals surface area contributed by atoms with Gasteiger partial charge >= 0.3 is 0 Å². The number of rotatable bonds is 4. The summed E-state index contributed by atoms with van der Waals surface area (Å²) in [6, 6.07) is 8.86. The van der Waals surface area contributed by atoms with Crippen molar-refractivity contribution < 1.29 is 9.53 Å². The van der Waals surface area contributed by atoms with Gasteiger partial charge in [-0.1, -0.05) is 18.2 Å². The minimum absolute atomic E-state index is 0.154. The first-order valence-electron chi connectivity index (χ1n) is 9.04. The number of hydrogen-bond acceptors (Lipinski definition) is 4. The van der Waals surface area contributed by atoms with E-state index in [1.807, 2.05) is 11.9 Å². The highest BCUT2D eigenvalue weighted by Crippen LogP contribution is 2.24. The van der Waals surface area contributed by atoms with Crippen LogP contribution in [-0.2, 0) is 16.1 Å². The minimum Gasteiger partial charge on any atom is -0.378 e. The van der Waals surface area contributed by atoms with Crippen LogP contribution in [-0.4, -0.2) is 56.7 Å². The molecule has 0 aromatic heterocycles. The first-order valence-corrected chi connectivity index (χ1v) is 9.04. The smallest absolute Gasteiger partial charge is 0.225 e. The summed E-state index contributed by atoms with van der Waals surface area (Å²) in [5.41, 5.74) is 2.45. The average molecular weight is 331 g/mol. The lowest BCUT2D eigenvalue weighted by Gasteiger charge is -2.33. The zero-order chi connectivity index (χ0) is 16.9. The second-order valence-corrected chi connectivity index (χ2v) is 7.00. The molecule has 1 amide bonds. The summed E-state index contributed by atoms with van der Waals surface area (Å²) in [6.07, 6.45) is 1.88. The third-order valence-electron chi connectivity index (χ3n) is 5.10. The van der Waals surface area contributed by atoms with Crippen LogP contribution in [0.5, 0.6) is 0 Å². The van der Waals surface area contributed by atoms with Gasteiger partial charge in [-0.25, -0.2) is 0 Å². The summed E-state index contributed by atoms with van der Waals surface area (Å²) in [5, 5.41) is 3.42. The van der Waals surface area contributed by atoms with E-state index in [9.17, 15) is 4.79 Å². The third kappa shape index (κ3) is 4.08. The molecular formula is C19H29N3O2. The highest BCUT2D eigenvalue weighted by Gasteiger charge is 2.27. The van der Waals surface area contributed by atoms with Gasteiger partial charge in [-0.15, -0.1) is 0 Å². The van der Waals surface area contributed by atoms with Crippen LogP contribution in [0.4, 0.5) is 5.69 Å². The Hall–Kier alpha value is -1.59. The minimum atomic E-state index is 0.154. The molecule has 24 heavy (non-hydrogen) atoms. The number of nitrogens with one attached hydrogen (secondary N) is 1. The van der Waals surface area contributed by atoms with E-state index in [0.717, 1.165) is 45.7 Å². The van der Waals surface area contributed by atoms with Crippen LogP contribution < -0.4 is 10.2 Å². The fourth-order valence-electron chi connectivity index (χ4n) is 3.76. The molecule has 1 aromatic rings. The third-order valence-corrected chi connectivity index (χ3v) is 5.10. The predicted molar refractivity (Wildman–Crippen MR) is 96.1 cm³/mol. The highest BCUT2D eigenvalue weighted by molar-refractivity contribution is 5.79. The van der Waals surface area contributed by atoms with Crippen molar-refractivity contribution >= 4 is 11.6 Å². The van der Waals surface area contributed by atoms with Crippen molar-refractivity contribution in [2.24, 2.45) is 5.92 Å². The summed E-state index contributed by atoms with van der Waals surface area (Å²) in [5.74, 6) is 0.432. The number of nitrogens with zero attached hydrogens (tertiary/aromatic N) is 2. The summed E-state index contributed by atoms with van der Waals surface area (Å²) in [6.45, 7) is 7.15. The summed E-state index contributed by atoms with van der Waals surface area (Å²) >= 11 is 0. The Morgan fingerprint density at radius 3 is 2.83 bits per heavy atom. The molecule has 3 rings (SSSR count). The summed E-state index contributed by atoms with van der Waals surface area (Å²) in [4.78, 5) is 17.1. The van der Waals surface area contributed by atoms with Gasteiger partial charge in [0.15, 0.2) is 0 Å². The normalized spacial score (nSPS) is 24.7. The summed E-state index contributed by atoms with van der Waals surface area (Å²) < 4.78 is 5.46. The number of carbonyl (C=O) groups is 1. The molecule has 0 spiro atoms. The largest absolute Gasteiger partial charge is 0.378 e. The Bertz CT molecular complexity index is 557. The van der Waals surface area contributed by atoms with Crippen LogP contribution in [0.15, 0.2) is 24.3 Å². The topological polar surface area (TPSA) is 44.8 Å². The Morgan fingerprint density at radius 2 is 2.08 bits per heavy atom. The molecular weight excluding hydrogens is 302 g/mol. The molecule has 0 radical (unpaired) electrons. The van der Waals surface area contributed by atoms with Gasteiger partial charge in [0, 0.05) is 44.3 Å². The number of amides is 1. The zero-order valence-corrected chi connectivity index (χ0v) is 14.8. The SMILES string of the molecule is C[C@H]1C[C@@H](C(=O)N(C)Cc2ccccc2N2CCOCC2)CCN1. The first-order chi connectivity index (χ1) is 11.6. The van der Waals surface area contributed by atoms with Crippen LogP contribution in [0.2, 0.25) is 0 Å². The van der Waals surface area contributed by atoms with Crippen molar-refractivity contribution in [2.75, 3.05) is 44.8 Å². The lowest BCUT2D eigenvalue weighted by molar-refractivity contribution is -0.135. The number of anilines is 1. The van der Waals surface area contributed by atoms with E-state index in [0.29, 0.717) is 12.6 Å². The molecule has 2 aliphatic heterocycles. The van der Waals surface area contributed by atoms with E-state index in [-0.39, 0.29) is 11.8 Å². The van der Waals surface area contributed by atoms with Gasteiger partial charge in [0.05, 0.1) is 13.2 Å². The molecule has 2 fully saturated rings. The molecule has 1 N–H and O–H groups in total. The quantitative estimate of drug-likeness (QED) is 0.915. The molecule has 0 bridgehead atoms. The van der Waals surface area contributed by atoms with Crippen LogP contribution in [0.3, 0.4) is 0 Å². The Morgan fingerprint density at radius 1 is 1.33 bits per heavy atom. The maximum absolute atomic E-state index is 12.8. The number of morpholine rings is 1. The molecule has 0 saturated carbocycles. The molecule has 5 nitrogen and oxygen atoms in total. The van der Waals surface area contributed by atoms with E-state index in [1.54, 1.807) is 0 Å². The van der Waals surface area contributed by atoms with Crippen LogP contribution >= 0.6 is 0 Å². The molecule has 0 unspecified atom stereocenters. The second kappa shape index (κ2) is 7.99. The molecule has 132 valence electrons. The van der Waals surface area contributed by atoms with E-state index in [2.05, 4.69) is 41.4 Å². The lowest BCUT2D eigenvalue weighted by Crippen LogP contribution is -2.43. The van der Waals surface area contributed by atoms with Crippen molar-refractivity contribution in [1.82, 2.24) is 10.2 Å². The number of carbonyl (C=O) groups excluding carboxylic acids is 1. The van der Waals surface area contributed by atoms with Crippen molar-refractivity contribution in [1.29, 1.82) is 0 Å². The van der Waals surface area contributed by atoms with Gasteiger partial charge in [-0.2, -0.15) is 0 Å². The zero-order valence-electron chi connectivity index (χ0n) is 14.8. The van der Waals surface area contributed by atoms with Crippen molar-refractivity contribution in [3.05, 3.63) is 29.8 Å². The number of piperidine rings is 1. The highest BCUT2D eigenvalue weighted by atomic mass is 16.5. The maximum atomic E-state index is 12.8. The van der Waals surface area contributed by atoms with Crippen LogP contribution in [0.25, 0.3) is 0 Å². The second-order valence-electron chi connectivity index (χ2n) is 7.00. The van der Waals surface area contributed by atoms with E-state index >= 15 is 0 Å². The van der Waals surface area contributed by atoms with Crippen molar-refractivity contribution in [3.63, 3.8) is 0 Å². The Balaban J connectivity index is 1.67. The molecule has 1 aromatic carbocycles. The Labute approximate surface area is 145 Å². The monoisotopic (exact) mass is 331 g/mol. The summed E-state index contributed by atoms with van der Waals surface area (Å²) in [7, 11) is 1.94. The van der Waals surface area contributed by atoms with Gasteiger partial charge in [-0.3, -0.25) is 4.79 Å². The lowest BCUT2D eigenvalue weighted by atomic mass is 9.92. The van der Waals surface area contributed by atoms with Gasteiger partial charge < -0.3 is 19.9 Å². The molecule has 2 heterocycles. The van der Waals surface area contributed by atoms with Crippen LogP contribution in [0.1, 0.15) is 25.3 Å². The van der Waals surface area contributed by atoms with Gasteiger partial charge in [0.2, 0.25) is 5.91 Å². The van der Waals surface area contributed by atoms with E-state index in [1.165, 1.54) is 11.3 Å². The fraction of sp³-hybridized carbons (Fsp3) is 0.632. The van der Waals surface area contributed by atoms with Crippen molar-refractivity contribution in [3.8, 4) is 0 Å². The molecule has 5 heteroatoms. The number of ether oxygens (including phenoxy) is 1. The molecule has 2 saturated heterocycles. The number of benzene rings is 1. The van der Waals surface area contributed by atoms with Gasteiger partial charge in [-0.05, 0) is 37.9 Å². The van der Waals surface area contributed by atoms with Gasteiger partial charge in [0.1, 0.15) is 0 Å². The molecule has 2 aliphatic rings. The van der Waals surface area contributed by atoms with Crippen molar-refractivity contribution in [2.45, 2.75) is 32.4 Å². The average Bonchev–Trinajstić information content (AvgIpc) is 2.62. The number of para-hydroxylation sites is 1. The van der Waals surface area contributed by atoms with Gasteiger partial charge in [0.25, 0.3) is 0 Å². The molecule has 2 atom stereocenters. The standard InChI is InChI=1S/C19H29N3O2/c1-15-13-16(7-8-20-15)19(23)21(2)14-17-5-3-4-6-18(17)22-9-11-24-12-10-22/h3-6,15-16,20H,7-14H2,1-2H3/t15-,16-/m0/s1. The fourth-order valence-corrected chi connectivity index (χ4v) is 3.76. The first kappa shape index (κ1) is 17.2. The maximum Gasteiger partial charge on any atom is 0.225 e. The Kier molecular flexibility index (Phi) is 5.74. The van der Waals surface area contributed by atoms with Crippen LogP contribution in [0, 0.1) is 5.92 Å². The molecule has 0 aliphatic carbocycles.